The standard InChI is InChI=1S/C16H13BrN2O2/c17-14-9-5-4-8-13(14)16(21)19-18-15(20)11-10-12-6-2-1-3-7-12/h1-11H,(H,18,20)(H,19,21). The van der Waals surface area contributed by atoms with Crippen molar-refractivity contribution in [2.24, 2.45) is 0 Å². The molecule has 21 heavy (non-hydrogen) atoms. The van der Waals surface area contributed by atoms with E-state index in [2.05, 4.69) is 26.8 Å². The first-order chi connectivity index (χ1) is 10.2. The van der Waals surface area contributed by atoms with Gasteiger partial charge in [0, 0.05) is 10.5 Å². The highest BCUT2D eigenvalue weighted by molar-refractivity contribution is 9.10. The molecule has 0 atom stereocenters. The molecule has 0 aliphatic carbocycles. The van der Waals surface area contributed by atoms with Crippen molar-refractivity contribution in [1.29, 1.82) is 0 Å². The van der Waals surface area contributed by atoms with Crippen LogP contribution in [-0.2, 0) is 4.79 Å². The molecule has 0 heterocycles. The van der Waals surface area contributed by atoms with Gasteiger partial charge in [0.15, 0.2) is 0 Å². The van der Waals surface area contributed by atoms with Crippen LogP contribution in [0, 0.1) is 0 Å². The molecule has 0 aliphatic rings. The number of rotatable bonds is 3. The molecule has 4 nitrogen and oxygen atoms in total. The number of carbonyl (C=O) groups is 2. The summed E-state index contributed by atoms with van der Waals surface area (Å²) in [5, 5.41) is 0. The molecule has 106 valence electrons. The zero-order valence-electron chi connectivity index (χ0n) is 11.0. The molecular formula is C16H13BrN2O2. The van der Waals surface area contributed by atoms with Crippen LogP contribution in [0.2, 0.25) is 0 Å². The number of nitrogens with one attached hydrogen (secondary N) is 2. The van der Waals surface area contributed by atoms with Crippen molar-refractivity contribution in [2.45, 2.75) is 0 Å². The number of hydrogen-bond acceptors (Lipinski definition) is 2. The van der Waals surface area contributed by atoms with Crippen LogP contribution in [0.3, 0.4) is 0 Å². The smallest absolute Gasteiger partial charge is 0.268 e. The number of benzene rings is 2. The minimum absolute atomic E-state index is 0.385. The molecule has 2 rings (SSSR count). The molecular weight excluding hydrogens is 332 g/mol. The Bertz CT molecular complexity index is 669. The largest absolute Gasteiger partial charge is 0.270 e. The summed E-state index contributed by atoms with van der Waals surface area (Å²) in [6, 6.07) is 16.4. The minimum atomic E-state index is -0.403. The second-order valence-electron chi connectivity index (χ2n) is 4.17. The van der Waals surface area contributed by atoms with Crippen LogP contribution in [0.1, 0.15) is 15.9 Å². The Kier molecular flexibility index (Phi) is 5.29. The Balaban J connectivity index is 1.88. The summed E-state index contributed by atoms with van der Waals surface area (Å²) in [6.45, 7) is 0. The normalized spacial score (nSPS) is 10.3. The fourth-order valence-corrected chi connectivity index (χ4v) is 2.07. The van der Waals surface area contributed by atoms with E-state index in [1.165, 1.54) is 6.08 Å². The van der Waals surface area contributed by atoms with Gasteiger partial charge in [-0.25, -0.2) is 0 Å². The van der Waals surface area contributed by atoms with Crippen molar-refractivity contribution in [2.75, 3.05) is 0 Å². The van der Waals surface area contributed by atoms with Crippen LogP contribution in [0.4, 0.5) is 0 Å². The van der Waals surface area contributed by atoms with E-state index in [1.807, 2.05) is 36.4 Å². The average molecular weight is 345 g/mol. The van der Waals surface area contributed by atoms with Crippen molar-refractivity contribution in [3.63, 3.8) is 0 Å². The monoisotopic (exact) mass is 344 g/mol. The van der Waals surface area contributed by atoms with Crippen LogP contribution in [0.15, 0.2) is 65.1 Å². The zero-order chi connectivity index (χ0) is 15.1. The number of hydrazine groups is 1. The first kappa shape index (κ1) is 15.0. The molecule has 0 spiro atoms. The second-order valence-corrected chi connectivity index (χ2v) is 5.02. The van der Waals surface area contributed by atoms with Gasteiger partial charge in [0.25, 0.3) is 11.8 Å². The van der Waals surface area contributed by atoms with Gasteiger partial charge in [-0.15, -0.1) is 0 Å². The minimum Gasteiger partial charge on any atom is -0.268 e. The average Bonchev–Trinajstić information content (AvgIpc) is 2.52. The van der Waals surface area contributed by atoms with E-state index in [4.69, 9.17) is 0 Å². The molecule has 0 radical (unpaired) electrons. The van der Waals surface area contributed by atoms with E-state index in [0.29, 0.717) is 10.0 Å². The Morgan fingerprint density at radius 2 is 1.57 bits per heavy atom. The first-order valence-corrected chi connectivity index (χ1v) is 7.04. The highest BCUT2D eigenvalue weighted by Gasteiger charge is 2.08. The Labute approximate surface area is 131 Å². The number of carbonyl (C=O) groups excluding carboxylic acids is 2. The molecule has 0 aliphatic heterocycles. The fourth-order valence-electron chi connectivity index (χ4n) is 1.61. The molecule has 5 heteroatoms. The first-order valence-electron chi connectivity index (χ1n) is 6.25. The summed E-state index contributed by atoms with van der Waals surface area (Å²) in [5.41, 5.74) is 6.04. The lowest BCUT2D eigenvalue weighted by molar-refractivity contribution is -0.117. The molecule has 0 aromatic heterocycles. The highest BCUT2D eigenvalue weighted by atomic mass is 79.9. The maximum Gasteiger partial charge on any atom is 0.270 e. The molecule has 2 N–H and O–H groups in total. The summed E-state index contributed by atoms with van der Waals surface area (Å²) in [7, 11) is 0. The zero-order valence-corrected chi connectivity index (χ0v) is 12.6. The second kappa shape index (κ2) is 7.40. The SMILES string of the molecule is O=C(C=Cc1ccccc1)NNC(=O)c1ccccc1Br. The molecule has 0 saturated carbocycles. The van der Waals surface area contributed by atoms with Crippen LogP contribution in [0.25, 0.3) is 6.08 Å². The quantitative estimate of drug-likeness (QED) is 0.664. The topological polar surface area (TPSA) is 58.2 Å². The predicted octanol–water partition coefficient (Wildman–Crippen LogP) is 2.92. The van der Waals surface area contributed by atoms with E-state index in [1.54, 1.807) is 24.3 Å². The Hall–Kier alpha value is -2.40. The van der Waals surface area contributed by atoms with Crippen LogP contribution in [-0.4, -0.2) is 11.8 Å². The van der Waals surface area contributed by atoms with Gasteiger partial charge in [-0.2, -0.15) is 0 Å². The van der Waals surface area contributed by atoms with Gasteiger partial charge in [-0.05, 0) is 39.7 Å². The van der Waals surface area contributed by atoms with Gasteiger partial charge >= 0.3 is 0 Å². The van der Waals surface area contributed by atoms with E-state index >= 15 is 0 Å². The van der Waals surface area contributed by atoms with Crippen LogP contribution < -0.4 is 10.9 Å². The van der Waals surface area contributed by atoms with Gasteiger partial charge in [-0.3, -0.25) is 20.4 Å². The highest BCUT2D eigenvalue weighted by Crippen LogP contribution is 2.15. The van der Waals surface area contributed by atoms with E-state index in [0.717, 1.165) is 5.56 Å². The number of halogens is 1. The maximum absolute atomic E-state index is 11.9. The third kappa shape index (κ3) is 4.57. The summed E-state index contributed by atoms with van der Waals surface area (Å²) >= 11 is 3.28. The van der Waals surface area contributed by atoms with Crippen LogP contribution in [0.5, 0.6) is 0 Å². The predicted molar refractivity (Wildman–Crippen MR) is 85.2 cm³/mol. The van der Waals surface area contributed by atoms with Crippen molar-refractivity contribution in [1.82, 2.24) is 10.9 Å². The molecule has 2 aromatic carbocycles. The third-order valence-corrected chi connectivity index (χ3v) is 3.34. The molecule has 2 amide bonds. The molecule has 0 bridgehead atoms. The lowest BCUT2D eigenvalue weighted by atomic mass is 10.2. The van der Waals surface area contributed by atoms with Gasteiger partial charge in [0.1, 0.15) is 0 Å². The fraction of sp³-hybridized carbons (Fsp3) is 0. The molecule has 0 saturated heterocycles. The molecule has 0 unspecified atom stereocenters. The molecule has 0 fully saturated rings. The van der Waals surface area contributed by atoms with Crippen molar-refractivity contribution in [3.8, 4) is 0 Å². The van der Waals surface area contributed by atoms with E-state index in [9.17, 15) is 9.59 Å². The lowest BCUT2D eigenvalue weighted by Crippen LogP contribution is -2.40. The van der Waals surface area contributed by atoms with Gasteiger partial charge in [0.05, 0.1) is 5.56 Å². The summed E-state index contributed by atoms with van der Waals surface area (Å²) in [5.74, 6) is -0.789. The summed E-state index contributed by atoms with van der Waals surface area (Å²) in [4.78, 5) is 23.5. The van der Waals surface area contributed by atoms with Gasteiger partial charge in [0.2, 0.25) is 0 Å². The summed E-state index contributed by atoms with van der Waals surface area (Å²) in [6.07, 6.45) is 3.02. The number of hydrogen-bond donors (Lipinski definition) is 2. The van der Waals surface area contributed by atoms with Crippen molar-refractivity contribution in [3.05, 3.63) is 76.3 Å². The Morgan fingerprint density at radius 1 is 0.905 bits per heavy atom. The van der Waals surface area contributed by atoms with Crippen molar-refractivity contribution >= 4 is 33.8 Å². The molecule has 2 aromatic rings. The van der Waals surface area contributed by atoms with Crippen LogP contribution >= 0.6 is 15.9 Å². The third-order valence-electron chi connectivity index (χ3n) is 2.64. The van der Waals surface area contributed by atoms with E-state index < -0.39 is 5.91 Å². The summed E-state index contributed by atoms with van der Waals surface area (Å²) < 4.78 is 0.663. The van der Waals surface area contributed by atoms with E-state index in [-0.39, 0.29) is 5.91 Å². The maximum atomic E-state index is 11.9. The van der Waals surface area contributed by atoms with Gasteiger partial charge in [-0.1, -0.05) is 42.5 Å². The van der Waals surface area contributed by atoms with Crippen molar-refractivity contribution < 1.29 is 9.59 Å². The Morgan fingerprint density at radius 3 is 2.29 bits per heavy atom. The number of amides is 2. The van der Waals surface area contributed by atoms with Gasteiger partial charge < -0.3 is 0 Å². The lowest BCUT2D eigenvalue weighted by Gasteiger charge is -2.06.